The van der Waals surface area contributed by atoms with Crippen molar-refractivity contribution < 1.29 is 111 Å². The fourth-order valence-corrected chi connectivity index (χ4v) is 9.78. The Morgan fingerprint density at radius 2 is 1.51 bits per heavy atom. The molecule has 3 aromatic carbocycles. The smallest absolute Gasteiger partial charge is 0.407 e. The number of ether oxygens (including phenoxy) is 9. The molecule has 0 saturated carbocycles. The first-order chi connectivity index (χ1) is 35.4. The second-order valence-corrected chi connectivity index (χ2v) is 18.1. The number of nitro groups is 1. The van der Waals surface area contributed by atoms with E-state index in [1.807, 2.05) is 0 Å². The Bertz CT molecular complexity index is 2850. The summed E-state index contributed by atoms with van der Waals surface area (Å²) in [5.74, 6) is -8.21. The number of nitrogens with one attached hydrogen (secondary N) is 1. The number of aliphatic hydroxyl groups is 3. The topological polar surface area (TPSA) is 376 Å². The first-order valence-electron chi connectivity index (χ1n) is 23.1. The number of hydrogen-bond donors (Lipinski definition) is 6. The van der Waals surface area contributed by atoms with E-state index < -0.39 is 186 Å². The zero-order valence-corrected chi connectivity index (χ0v) is 40.9. The van der Waals surface area contributed by atoms with E-state index in [0.29, 0.717) is 0 Å². The van der Waals surface area contributed by atoms with Gasteiger partial charge in [-0.3, -0.25) is 43.7 Å². The summed E-state index contributed by atoms with van der Waals surface area (Å²) in [6.45, 7) is 2.93. The van der Waals surface area contributed by atoms with Crippen molar-refractivity contribution in [2.75, 3.05) is 20.3 Å². The molecule has 0 aromatic heterocycles. The van der Waals surface area contributed by atoms with E-state index >= 15 is 0 Å². The minimum Gasteiger partial charge on any atom is -0.507 e. The molecular weight excluding hydrogens is 1000 g/mol. The average Bonchev–Trinajstić information content (AvgIpc) is 3.34. The number of aliphatic hydroxyl groups excluding tert-OH is 2. The largest absolute Gasteiger partial charge is 0.507 e. The van der Waals surface area contributed by atoms with E-state index in [4.69, 9.17) is 42.6 Å². The summed E-state index contributed by atoms with van der Waals surface area (Å²) in [5, 5.41) is 71.0. The van der Waals surface area contributed by atoms with Gasteiger partial charge < -0.3 is 73.5 Å². The van der Waals surface area contributed by atoms with Gasteiger partial charge in [0.25, 0.3) is 5.69 Å². The number of carbonyl (C=O) groups excluding carboxylic acids is 8. The lowest BCUT2D eigenvalue weighted by Crippen LogP contribution is -2.59. The van der Waals surface area contributed by atoms with E-state index in [1.54, 1.807) is 0 Å². The molecule has 3 aromatic rings. The van der Waals surface area contributed by atoms with Gasteiger partial charge in [-0.1, -0.05) is 12.1 Å². The molecule has 7 rings (SSSR count). The van der Waals surface area contributed by atoms with Crippen molar-refractivity contribution in [3.63, 3.8) is 0 Å². The van der Waals surface area contributed by atoms with Gasteiger partial charge in [0.05, 0.1) is 47.0 Å². The maximum atomic E-state index is 14.1. The second kappa shape index (κ2) is 22.1. The molecule has 11 atom stereocenters. The molecule has 2 saturated heterocycles. The third-order valence-electron chi connectivity index (χ3n) is 13.1. The van der Waals surface area contributed by atoms with Crippen molar-refractivity contribution in [3.8, 4) is 17.2 Å². The lowest BCUT2D eigenvalue weighted by molar-refractivity contribution is -0.385. The van der Waals surface area contributed by atoms with Gasteiger partial charge in [0.15, 0.2) is 36.2 Å². The number of aromatic hydroxyl groups is 2. The molecule has 4 unspecified atom stereocenters. The number of alkyl carbamates (subject to hydrolysis) is 1. The van der Waals surface area contributed by atoms with Gasteiger partial charge in [0.2, 0.25) is 5.78 Å². The molecule has 0 radical (unpaired) electrons. The molecule has 2 aliphatic carbocycles. The zero-order chi connectivity index (χ0) is 55.0. The van der Waals surface area contributed by atoms with Crippen LogP contribution < -0.4 is 10.1 Å². The third-order valence-corrected chi connectivity index (χ3v) is 13.1. The Morgan fingerprint density at radius 1 is 0.853 bits per heavy atom. The van der Waals surface area contributed by atoms with Gasteiger partial charge in [-0.15, -0.1) is 0 Å². The van der Waals surface area contributed by atoms with Crippen molar-refractivity contribution in [1.82, 2.24) is 5.32 Å². The number of fused-ring (bicyclic) bond motifs is 3. The molecule has 26 nitrogen and oxygen atoms in total. The zero-order valence-electron chi connectivity index (χ0n) is 40.9. The SMILES string of the molecule is COc1cccc2c1C(=O)c1c(O)c3c(c(O)c1C2=O)C[C@@](O)(C(=O)CO)C[C@@H]3OC1CC(NC(=O)OCc2cc([N+](=O)[O-])ccc2[C@@H]2O[C@H](COC(C)=O)[C@H](OC(C)=O)[C@H](OC(C)=O)[C@H]2OC(C)=O)C(O)C(C)O1. The standard InChI is InChI=1S/C49H52N2O24/c1-19-39(58)29(13-34(70-19)74-31-15-49(64,33(57)16-52)14-28-36(31)43(62)38-37(41(28)60)40(59)27-8-7-9-30(67-6)35(27)42(38)61)50-48(63)69-17-24-12-25(51(65)66)10-11-26(24)44-46(72-22(4)55)47(73-23(5)56)45(71-21(3)54)32(75-44)18-68-20(2)53/h7-12,19,29,31-32,34,39,44-47,52,58,60,62,64H,13-18H2,1-6H3,(H,50,63)/t19?,29?,31-,32+,34?,39?,44-,45-,46-,47-,49-/m0/s1. The molecule has 4 aliphatic rings. The van der Waals surface area contributed by atoms with Crippen LogP contribution in [0.25, 0.3) is 0 Å². The highest BCUT2D eigenvalue weighted by atomic mass is 16.7. The van der Waals surface area contributed by atoms with Crippen LogP contribution in [0.5, 0.6) is 17.2 Å². The normalized spacial score (nSPS) is 26.8. The number of nitro benzene ring substituents is 1. The Hall–Kier alpha value is -7.62. The molecule has 6 N–H and O–H groups in total. The van der Waals surface area contributed by atoms with Crippen LogP contribution in [0.1, 0.15) is 114 Å². The number of methoxy groups -OCH3 is 1. The number of nitrogens with zero attached hydrogens (tertiary/aromatic N) is 1. The Kier molecular flexibility index (Phi) is 16.2. The van der Waals surface area contributed by atoms with Gasteiger partial charge >= 0.3 is 30.0 Å². The van der Waals surface area contributed by atoms with Crippen molar-refractivity contribution in [3.05, 3.63) is 91.0 Å². The first kappa shape index (κ1) is 55.1. The number of benzene rings is 3. The van der Waals surface area contributed by atoms with Crippen molar-refractivity contribution >= 4 is 53.0 Å². The maximum absolute atomic E-state index is 14.1. The predicted octanol–water partition coefficient (Wildman–Crippen LogP) is 1.68. The van der Waals surface area contributed by atoms with E-state index in [2.05, 4.69) is 5.32 Å². The molecule has 2 fully saturated rings. The number of amides is 1. The van der Waals surface area contributed by atoms with Crippen LogP contribution in [0, 0.1) is 10.1 Å². The maximum Gasteiger partial charge on any atom is 0.407 e. The Labute approximate surface area is 424 Å². The van der Waals surface area contributed by atoms with Gasteiger partial charge in [0.1, 0.15) is 61.0 Å². The Balaban J connectivity index is 1.17. The average molecular weight is 1050 g/mol. The molecule has 2 aliphatic heterocycles. The molecule has 75 heavy (non-hydrogen) atoms. The number of phenolic OH excluding ortho intramolecular Hbond substituents is 2. The van der Waals surface area contributed by atoms with Crippen molar-refractivity contribution in [2.24, 2.45) is 0 Å². The van der Waals surface area contributed by atoms with Crippen LogP contribution in [0.15, 0.2) is 36.4 Å². The number of ketones is 3. The minimum absolute atomic E-state index is 0.0167. The van der Waals surface area contributed by atoms with Gasteiger partial charge in [-0.05, 0) is 24.6 Å². The molecule has 26 heteroatoms. The highest BCUT2D eigenvalue weighted by Gasteiger charge is 2.54. The van der Waals surface area contributed by atoms with Crippen molar-refractivity contribution in [1.29, 1.82) is 0 Å². The second-order valence-electron chi connectivity index (χ2n) is 18.1. The highest BCUT2D eigenvalue weighted by molar-refractivity contribution is 6.31. The number of carbonyl (C=O) groups is 8. The fraction of sp³-hybridized carbons (Fsp3) is 0.469. The molecule has 1 amide bonds. The van der Waals surface area contributed by atoms with Crippen LogP contribution in [-0.4, -0.2) is 153 Å². The third kappa shape index (κ3) is 11.1. The molecule has 0 bridgehead atoms. The summed E-state index contributed by atoms with van der Waals surface area (Å²) in [6.07, 6.45) is -16.8. The van der Waals surface area contributed by atoms with E-state index in [9.17, 15) is 74.0 Å². The number of Topliss-reactive ketones (excluding diaryl/α,β-unsaturated/α-hetero) is 1. The summed E-state index contributed by atoms with van der Waals surface area (Å²) >= 11 is 0. The number of rotatable bonds is 15. The number of esters is 4. The number of non-ortho nitro benzene ring substituents is 1. The number of phenols is 2. The minimum atomic E-state index is -2.49. The monoisotopic (exact) mass is 1050 g/mol. The first-order valence-corrected chi connectivity index (χ1v) is 23.1. The fourth-order valence-electron chi connectivity index (χ4n) is 9.78. The molecule has 0 spiro atoms. The number of hydrogen-bond acceptors (Lipinski definition) is 24. The predicted molar refractivity (Wildman–Crippen MR) is 245 cm³/mol. The summed E-state index contributed by atoms with van der Waals surface area (Å²) in [4.78, 5) is 115. The summed E-state index contributed by atoms with van der Waals surface area (Å²) in [5.41, 5.74) is -5.52. The van der Waals surface area contributed by atoms with Crippen LogP contribution in [0.2, 0.25) is 0 Å². The van der Waals surface area contributed by atoms with Crippen LogP contribution >= 0.6 is 0 Å². The van der Waals surface area contributed by atoms with Gasteiger partial charge in [-0.2, -0.15) is 0 Å². The molecule has 402 valence electrons. The van der Waals surface area contributed by atoms with E-state index in [0.717, 1.165) is 39.8 Å². The highest BCUT2D eigenvalue weighted by Crippen LogP contribution is 2.53. The Morgan fingerprint density at radius 3 is 2.13 bits per heavy atom. The summed E-state index contributed by atoms with van der Waals surface area (Å²) in [6, 6.07) is 6.05. The quantitative estimate of drug-likeness (QED) is 0.0324. The lowest BCUT2D eigenvalue weighted by Gasteiger charge is -2.45. The molecular formula is C49H52N2O24. The van der Waals surface area contributed by atoms with Gasteiger partial charge in [-0.25, -0.2) is 4.79 Å². The van der Waals surface area contributed by atoms with Crippen molar-refractivity contribution in [2.45, 2.75) is 127 Å². The van der Waals surface area contributed by atoms with Gasteiger partial charge in [0, 0.05) is 81.3 Å². The van der Waals surface area contributed by atoms with Crippen LogP contribution in [0.3, 0.4) is 0 Å². The van der Waals surface area contributed by atoms with E-state index in [1.165, 1.54) is 38.3 Å². The molecule has 2 heterocycles. The van der Waals surface area contributed by atoms with Crippen LogP contribution in [-0.2, 0) is 74.9 Å². The summed E-state index contributed by atoms with van der Waals surface area (Å²) < 4.78 is 50.9. The van der Waals surface area contributed by atoms with E-state index in [-0.39, 0.29) is 39.1 Å². The lowest BCUT2D eigenvalue weighted by atomic mass is 9.72. The van der Waals surface area contributed by atoms with Crippen LogP contribution in [0.4, 0.5) is 10.5 Å². The summed E-state index contributed by atoms with van der Waals surface area (Å²) in [7, 11) is 1.25.